The fourth-order valence-corrected chi connectivity index (χ4v) is 3.01. The first kappa shape index (κ1) is 16.1. The molecule has 0 bridgehead atoms. The Balaban J connectivity index is 1.90. The van der Waals surface area contributed by atoms with Gasteiger partial charge in [-0.15, -0.1) is 0 Å². The number of hydrogen-bond donors (Lipinski definition) is 3. The monoisotopic (exact) mass is 365 g/mol. The molecule has 0 spiro atoms. The molecule has 2 heterocycles. The van der Waals surface area contributed by atoms with Gasteiger partial charge in [-0.2, -0.15) is 0 Å². The number of H-pyrrole nitrogens is 2. The summed E-state index contributed by atoms with van der Waals surface area (Å²) in [5.74, 6) is -0.340. The van der Waals surface area contributed by atoms with Crippen LogP contribution < -0.4 is 27.1 Å². The van der Waals surface area contributed by atoms with Gasteiger partial charge < -0.3 is 15.3 Å². The molecule has 1 aliphatic heterocycles. The molecule has 0 aliphatic carbocycles. The van der Waals surface area contributed by atoms with Crippen LogP contribution in [0.2, 0.25) is 5.02 Å². The first-order valence-corrected chi connectivity index (χ1v) is 8.16. The number of fused-ring (bicyclic) bond motifs is 1. The average Bonchev–Trinajstić information content (AvgIpc) is 2.95. The number of ketones is 1. The second-order valence-corrected chi connectivity index (χ2v) is 6.21. The van der Waals surface area contributed by atoms with Gasteiger partial charge in [-0.05, 0) is 35.9 Å². The zero-order valence-electron chi connectivity index (χ0n) is 13.3. The number of benzene rings is 2. The molecule has 128 valence electrons. The highest BCUT2D eigenvalue weighted by molar-refractivity contribution is 6.33. The van der Waals surface area contributed by atoms with Gasteiger partial charge in [0.25, 0.3) is 11.1 Å². The Morgan fingerprint density at radius 3 is 2.46 bits per heavy atom. The van der Waals surface area contributed by atoms with Crippen molar-refractivity contribution in [3.05, 3.63) is 96.1 Å². The molecule has 26 heavy (non-hydrogen) atoms. The van der Waals surface area contributed by atoms with Crippen molar-refractivity contribution in [2.45, 2.75) is 0 Å². The number of nitrogens with one attached hydrogen (secondary N) is 3. The van der Waals surface area contributed by atoms with Crippen LogP contribution in [0.15, 0.2) is 58.1 Å². The van der Waals surface area contributed by atoms with Crippen molar-refractivity contribution < 1.29 is 4.79 Å². The van der Waals surface area contributed by atoms with E-state index < -0.39 is 11.1 Å². The normalized spacial score (nSPS) is 15.7. The first-order valence-electron chi connectivity index (χ1n) is 7.78. The fourth-order valence-electron chi connectivity index (χ4n) is 2.81. The molecule has 3 aromatic rings. The van der Waals surface area contributed by atoms with Gasteiger partial charge in [0.15, 0.2) is 0 Å². The van der Waals surface area contributed by atoms with E-state index in [1.54, 1.807) is 48.5 Å². The average molecular weight is 366 g/mol. The Morgan fingerprint density at radius 2 is 1.69 bits per heavy atom. The number of halogens is 1. The number of rotatable bonds is 1. The molecule has 3 N–H and O–H groups in total. The number of anilines is 1. The molecule has 0 radical (unpaired) electrons. The third-order valence-electron chi connectivity index (χ3n) is 4.03. The molecule has 7 heteroatoms. The number of aromatic amines is 2. The maximum Gasteiger partial charge on any atom is 0.274 e. The lowest BCUT2D eigenvalue weighted by Gasteiger charge is -1.98. The maximum absolute atomic E-state index is 12.5. The van der Waals surface area contributed by atoms with E-state index in [2.05, 4.69) is 15.3 Å². The van der Waals surface area contributed by atoms with Crippen LogP contribution in [0.5, 0.6) is 0 Å². The minimum absolute atomic E-state index is 0.0545. The molecule has 0 saturated carbocycles. The predicted molar refractivity (Wildman–Crippen MR) is 99.8 cm³/mol. The van der Waals surface area contributed by atoms with E-state index in [1.165, 1.54) is 6.08 Å². The van der Waals surface area contributed by atoms with Crippen molar-refractivity contribution in [3.8, 4) is 0 Å². The number of carbonyl (C=O) groups is 1. The summed E-state index contributed by atoms with van der Waals surface area (Å²) in [4.78, 5) is 42.3. The summed E-state index contributed by atoms with van der Waals surface area (Å²) >= 11 is 5.93. The molecule has 0 amide bonds. The lowest BCUT2D eigenvalue weighted by atomic mass is 10.1. The summed E-state index contributed by atoms with van der Waals surface area (Å²) in [6.07, 6.45) is 1.51. The highest BCUT2D eigenvalue weighted by atomic mass is 35.5. The lowest BCUT2D eigenvalue weighted by molar-refractivity contribution is 0.105. The number of carbonyl (C=O) groups excluding carboxylic acids is 1. The first-order chi connectivity index (χ1) is 12.5. The molecular weight excluding hydrogens is 354 g/mol. The van der Waals surface area contributed by atoms with Crippen LogP contribution in [-0.4, -0.2) is 15.8 Å². The number of hydrogen-bond acceptors (Lipinski definition) is 4. The van der Waals surface area contributed by atoms with Crippen LogP contribution in [0.4, 0.5) is 5.69 Å². The Bertz CT molecular complexity index is 1290. The minimum Gasteiger partial charge on any atom is -0.350 e. The van der Waals surface area contributed by atoms with Crippen LogP contribution in [-0.2, 0) is 0 Å². The SMILES string of the molecule is O=C1/C(=c2\[nH]c(=O)/c(=C\c3cccc(Cl)c3)[nH]c2=O)Nc2ccccc21. The van der Waals surface area contributed by atoms with Gasteiger partial charge in [-0.3, -0.25) is 14.4 Å². The van der Waals surface area contributed by atoms with E-state index in [4.69, 9.17) is 11.6 Å². The Labute approximate surface area is 151 Å². The van der Waals surface area contributed by atoms with Gasteiger partial charge in [0, 0.05) is 16.3 Å². The van der Waals surface area contributed by atoms with Crippen molar-refractivity contribution in [1.29, 1.82) is 0 Å². The van der Waals surface area contributed by atoms with Gasteiger partial charge in [0.1, 0.15) is 16.4 Å². The number of Topliss-reactive ketones (excluding diaryl/α,β-unsaturated/α-hetero) is 1. The topological polar surface area (TPSA) is 94.8 Å². The lowest BCUT2D eigenvalue weighted by Crippen LogP contribution is -2.48. The minimum atomic E-state index is -0.568. The summed E-state index contributed by atoms with van der Waals surface area (Å²) in [6, 6.07) is 13.8. The van der Waals surface area contributed by atoms with E-state index in [1.807, 2.05) is 0 Å². The van der Waals surface area contributed by atoms with Crippen molar-refractivity contribution in [2.24, 2.45) is 0 Å². The Morgan fingerprint density at radius 1 is 0.885 bits per heavy atom. The van der Waals surface area contributed by atoms with Crippen LogP contribution in [0.3, 0.4) is 0 Å². The van der Waals surface area contributed by atoms with E-state index in [-0.39, 0.29) is 22.2 Å². The highest BCUT2D eigenvalue weighted by Crippen LogP contribution is 2.26. The smallest absolute Gasteiger partial charge is 0.274 e. The van der Waals surface area contributed by atoms with Crippen LogP contribution in [0.25, 0.3) is 11.8 Å². The van der Waals surface area contributed by atoms with Gasteiger partial charge in [0.05, 0.1) is 0 Å². The summed E-state index contributed by atoms with van der Waals surface area (Å²) in [5, 5.41) is 3.39. The fraction of sp³-hybridized carbons (Fsp3) is 0. The van der Waals surface area contributed by atoms with E-state index in [9.17, 15) is 14.4 Å². The molecular formula is C19H12ClN3O3. The Kier molecular flexibility index (Phi) is 3.82. The van der Waals surface area contributed by atoms with E-state index >= 15 is 0 Å². The standard InChI is InChI=1S/C19H12ClN3O3/c20-11-5-3-4-10(8-11)9-14-18(25)23-16(19(26)22-14)15-17(24)12-6-1-2-7-13(12)21-15/h1-9,21H,(H,22,26)(H,23,25)/b14-9+,16-15+. The molecule has 0 saturated heterocycles. The molecule has 2 aromatic carbocycles. The van der Waals surface area contributed by atoms with E-state index in [0.29, 0.717) is 21.8 Å². The summed E-state index contributed by atoms with van der Waals surface area (Å²) in [5.41, 5.74) is 0.694. The van der Waals surface area contributed by atoms with Gasteiger partial charge in [-0.25, -0.2) is 0 Å². The Hall–Kier alpha value is -3.38. The second kappa shape index (κ2) is 6.16. The van der Waals surface area contributed by atoms with Gasteiger partial charge in [0.2, 0.25) is 5.78 Å². The zero-order valence-corrected chi connectivity index (χ0v) is 14.1. The van der Waals surface area contributed by atoms with Crippen molar-refractivity contribution in [2.75, 3.05) is 5.32 Å². The van der Waals surface area contributed by atoms with Crippen molar-refractivity contribution >= 4 is 34.8 Å². The zero-order chi connectivity index (χ0) is 18.3. The molecule has 6 nitrogen and oxygen atoms in total. The van der Waals surface area contributed by atoms with Crippen LogP contribution >= 0.6 is 11.6 Å². The van der Waals surface area contributed by atoms with Crippen molar-refractivity contribution in [1.82, 2.24) is 9.97 Å². The molecule has 1 aliphatic rings. The molecule has 0 fully saturated rings. The molecule has 1 aromatic heterocycles. The molecule has 4 rings (SSSR count). The van der Waals surface area contributed by atoms with Gasteiger partial charge >= 0.3 is 0 Å². The summed E-state index contributed by atoms with van der Waals surface area (Å²) in [6.45, 7) is 0. The van der Waals surface area contributed by atoms with Gasteiger partial charge in [-0.1, -0.05) is 35.9 Å². The predicted octanol–water partition coefficient (Wildman–Crippen LogP) is 0.962. The largest absolute Gasteiger partial charge is 0.350 e. The number of para-hydroxylation sites is 1. The summed E-state index contributed by atoms with van der Waals surface area (Å²) in [7, 11) is 0. The van der Waals surface area contributed by atoms with Crippen molar-refractivity contribution in [3.63, 3.8) is 0 Å². The third-order valence-corrected chi connectivity index (χ3v) is 4.26. The second-order valence-electron chi connectivity index (χ2n) is 5.77. The molecule has 0 atom stereocenters. The van der Waals surface area contributed by atoms with Crippen LogP contribution in [0.1, 0.15) is 15.9 Å². The highest BCUT2D eigenvalue weighted by Gasteiger charge is 2.25. The van der Waals surface area contributed by atoms with E-state index in [0.717, 1.165) is 0 Å². The third kappa shape index (κ3) is 2.76. The number of aromatic nitrogens is 2. The van der Waals surface area contributed by atoms with Crippen LogP contribution in [0, 0.1) is 0 Å². The quantitative estimate of drug-likeness (QED) is 0.598. The maximum atomic E-state index is 12.5. The summed E-state index contributed by atoms with van der Waals surface area (Å²) < 4.78 is 0. The molecule has 0 unspecified atom stereocenters.